The van der Waals surface area contributed by atoms with E-state index >= 15 is 0 Å². The van der Waals surface area contributed by atoms with Gasteiger partial charge in [-0.1, -0.05) is 23.4 Å². The molecule has 2 N–H and O–H groups in total. The van der Waals surface area contributed by atoms with Crippen molar-refractivity contribution in [3.05, 3.63) is 47.5 Å². The minimum absolute atomic E-state index is 0.224. The van der Waals surface area contributed by atoms with Crippen LogP contribution in [0.3, 0.4) is 0 Å². The standard InChI is InChI=1S/C12H12N2O3/c1-2-4-10-13-11(14-17-10)8-5-3-6-9(7-8)12(15)16/h2-7,10H,1H3,(H,13,14)(H,15,16)/b4-2+. The van der Waals surface area contributed by atoms with Crippen molar-refractivity contribution in [3.63, 3.8) is 0 Å². The van der Waals surface area contributed by atoms with Gasteiger partial charge >= 0.3 is 5.97 Å². The molecule has 88 valence electrons. The lowest BCUT2D eigenvalue weighted by Gasteiger charge is -2.04. The van der Waals surface area contributed by atoms with Gasteiger partial charge in [0, 0.05) is 5.56 Å². The number of nitrogens with zero attached hydrogens (tertiary/aromatic N) is 1. The minimum atomic E-state index is -0.962. The summed E-state index contributed by atoms with van der Waals surface area (Å²) in [5.41, 5.74) is 0.915. The number of carbonyl (C=O) groups is 1. The molecule has 0 radical (unpaired) electrons. The van der Waals surface area contributed by atoms with E-state index in [-0.39, 0.29) is 11.8 Å². The number of allylic oxidation sites excluding steroid dienone is 1. The highest BCUT2D eigenvalue weighted by Gasteiger charge is 2.18. The van der Waals surface area contributed by atoms with Crippen molar-refractivity contribution in [2.24, 2.45) is 5.16 Å². The Bertz CT molecular complexity index is 494. The number of benzene rings is 1. The van der Waals surface area contributed by atoms with Crippen LogP contribution in [-0.2, 0) is 4.84 Å². The van der Waals surface area contributed by atoms with E-state index in [9.17, 15) is 4.79 Å². The minimum Gasteiger partial charge on any atom is -0.478 e. The molecule has 0 aromatic heterocycles. The van der Waals surface area contributed by atoms with Gasteiger partial charge in [-0.05, 0) is 25.1 Å². The maximum atomic E-state index is 10.8. The summed E-state index contributed by atoms with van der Waals surface area (Å²) in [5, 5.41) is 15.8. The molecule has 0 bridgehead atoms. The van der Waals surface area contributed by atoms with Crippen molar-refractivity contribution in [2.45, 2.75) is 13.2 Å². The summed E-state index contributed by atoms with van der Waals surface area (Å²) in [7, 11) is 0. The molecule has 1 heterocycles. The highest BCUT2D eigenvalue weighted by molar-refractivity contribution is 6.01. The van der Waals surface area contributed by atoms with Gasteiger partial charge in [0.05, 0.1) is 5.56 Å². The van der Waals surface area contributed by atoms with Crippen molar-refractivity contribution < 1.29 is 14.7 Å². The highest BCUT2D eigenvalue weighted by atomic mass is 16.7. The summed E-state index contributed by atoms with van der Waals surface area (Å²) in [6.07, 6.45) is 3.38. The Morgan fingerprint density at radius 2 is 2.41 bits per heavy atom. The first-order chi connectivity index (χ1) is 8.20. The number of aromatic carboxylic acids is 1. The van der Waals surface area contributed by atoms with Gasteiger partial charge in [-0.3, -0.25) is 0 Å². The van der Waals surface area contributed by atoms with Crippen molar-refractivity contribution in [3.8, 4) is 0 Å². The van der Waals surface area contributed by atoms with Gasteiger partial charge in [0.1, 0.15) is 0 Å². The molecule has 0 amide bonds. The summed E-state index contributed by atoms with van der Waals surface area (Å²) < 4.78 is 0. The van der Waals surface area contributed by atoms with E-state index in [2.05, 4.69) is 10.5 Å². The Morgan fingerprint density at radius 3 is 3.12 bits per heavy atom. The topological polar surface area (TPSA) is 70.9 Å². The monoisotopic (exact) mass is 232 g/mol. The molecule has 5 heteroatoms. The van der Waals surface area contributed by atoms with E-state index in [1.54, 1.807) is 18.2 Å². The molecule has 0 saturated carbocycles. The van der Waals surface area contributed by atoms with Gasteiger partial charge in [0.2, 0.25) is 6.23 Å². The number of hydrogen-bond donors (Lipinski definition) is 2. The second kappa shape index (κ2) is 4.69. The lowest BCUT2D eigenvalue weighted by molar-refractivity contribution is 0.0697. The fraction of sp³-hybridized carbons (Fsp3) is 0.167. The quantitative estimate of drug-likeness (QED) is 0.776. The molecule has 5 nitrogen and oxygen atoms in total. The van der Waals surface area contributed by atoms with Gasteiger partial charge in [0.15, 0.2) is 5.84 Å². The maximum Gasteiger partial charge on any atom is 0.335 e. The van der Waals surface area contributed by atoms with Gasteiger partial charge in [-0.15, -0.1) is 0 Å². The lowest BCUT2D eigenvalue weighted by atomic mass is 10.1. The van der Waals surface area contributed by atoms with Crippen LogP contribution in [0.15, 0.2) is 41.6 Å². The molecule has 17 heavy (non-hydrogen) atoms. The summed E-state index contributed by atoms with van der Waals surface area (Å²) in [6, 6.07) is 6.53. The second-order valence-corrected chi connectivity index (χ2v) is 3.52. The maximum absolute atomic E-state index is 10.8. The predicted octanol–water partition coefficient (Wildman–Crippen LogP) is 1.57. The smallest absolute Gasteiger partial charge is 0.335 e. The van der Waals surface area contributed by atoms with Crippen LogP contribution < -0.4 is 5.32 Å². The van der Waals surface area contributed by atoms with Crippen LogP contribution in [0.25, 0.3) is 0 Å². The van der Waals surface area contributed by atoms with E-state index in [0.29, 0.717) is 11.4 Å². The summed E-state index contributed by atoms with van der Waals surface area (Å²) >= 11 is 0. The molecule has 1 aromatic rings. The molecule has 1 atom stereocenters. The summed E-state index contributed by atoms with van der Waals surface area (Å²) in [4.78, 5) is 15.9. The molecule has 2 rings (SSSR count). The van der Waals surface area contributed by atoms with Crippen LogP contribution in [0.2, 0.25) is 0 Å². The molecular formula is C12H12N2O3. The zero-order valence-electron chi connectivity index (χ0n) is 9.25. The molecule has 0 aliphatic carbocycles. The van der Waals surface area contributed by atoms with Crippen LogP contribution >= 0.6 is 0 Å². The molecule has 1 aliphatic rings. The first-order valence-electron chi connectivity index (χ1n) is 5.17. The fourth-order valence-corrected chi connectivity index (χ4v) is 1.49. The Morgan fingerprint density at radius 1 is 1.59 bits per heavy atom. The van der Waals surface area contributed by atoms with Gasteiger partial charge in [-0.2, -0.15) is 0 Å². The third kappa shape index (κ3) is 2.44. The largest absolute Gasteiger partial charge is 0.478 e. The van der Waals surface area contributed by atoms with Crippen molar-refractivity contribution in [1.82, 2.24) is 5.32 Å². The SMILES string of the molecule is C/C=C/C1NC(c2cccc(C(=O)O)c2)=NO1. The van der Waals surface area contributed by atoms with Crippen LogP contribution in [0.1, 0.15) is 22.8 Å². The van der Waals surface area contributed by atoms with E-state index < -0.39 is 5.97 Å². The highest BCUT2D eigenvalue weighted by Crippen LogP contribution is 2.10. The molecule has 1 aliphatic heterocycles. The number of carboxylic acid groups (broad SMARTS) is 1. The van der Waals surface area contributed by atoms with Crippen LogP contribution in [0.5, 0.6) is 0 Å². The van der Waals surface area contributed by atoms with E-state index in [4.69, 9.17) is 9.94 Å². The Labute approximate surface area is 98.4 Å². The normalized spacial score (nSPS) is 18.6. The molecule has 0 fully saturated rings. The summed E-state index contributed by atoms with van der Waals surface area (Å²) in [5.74, 6) is -0.424. The molecule has 0 spiro atoms. The van der Waals surface area contributed by atoms with E-state index in [1.165, 1.54) is 6.07 Å². The van der Waals surface area contributed by atoms with Crippen LogP contribution in [-0.4, -0.2) is 23.1 Å². The third-order valence-electron chi connectivity index (χ3n) is 2.29. The Balaban J connectivity index is 2.19. The van der Waals surface area contributed by atoms with Crippen molar-refractivity contribution in [1.29, 1.82) is 0 Å². The molecule has 1 unspecified atom stereocenters. The average molecular weight is 232 g/mol. The number of amidine groups is 1. The summed E-state index contributed by atoms with van der Waals surface area (Å²) in [6.45, 7) is 1.88. The number of carboxylic acids is 1. The molecule has 0 saturated heterocycles. The van der Waals surface area contributed by atoms with Crippen molar-refractivity contribution in [2.75, 3.05) is 0 Å². The first-order valence-corrected chi connectivity index (χ1v) is 5.17. The number of oxime groups is 1. The van der Waals surface area contributed by atoms with Gasteiger partial charge < -0.3 is 15.3 Å². The fourth-order valence-electron chi connectivity index (χ4n) is 1.49. The zero-order valence-corrected chi connectivity index (χ0v) is 9.25. The number of rotatable bonds is 3. The van der Waals surface area contributed by atoms with Gasteiger partial charge in [0.25, 0.3) is 0 Å². The third-order valence-corrected chi connectivity index (χ3v) is 2.29. The number of nitrogens with one attached hydrogen (secondary N) is 1. The zero-order chi connectivity index (χ0) is 12.3. The molecule has 1 aromatic carbocycles. The van der Waals surface area contributed by atoms with E-state index in [0.717, 1.165) is 0 Å². The van der Waals surface area contributed by atoms with Crippen molar-refractivity contribution >= 4 is 11.8 Å². The predicted molar refractivity (Wildman–Crippen MR) is 62.8 cm³/mol. The van der Waals surface area contributed by atoms with Crippen LogP contribution in [0.4, 0.5) is 0 Å². The second-order valence-electron chi connectivity index (χ2n) is 3.52. The first kappa shape index (κ1) is 11.2. The van der Waals surface area contributed by atoms with Crippen LogP contribution in [0, 0.1) is 0 Å². The average Bonchev–Trinajstić information content (AvgIpc) is 2.78. The Kier molecular flexibility index (Phi) is 3.09. The Hall–Kier alpha value is -2.30. The number of hydrogen-bond acceptors (Lipinski definition) is 4. The van der Waals surface area contributed by atoms with Gasteiger partial charge in [-0.25, -0.2) is 4.79 Å². The lowest BCUT2D eigenvalue weighted by Crippen LogP contribution is -2.28. The van der Waals surface area contributed by atoms with E-state index in [1.807, 2.05) is 19.1 Å². The molecular weight excluding hydrogens is 220 g/mol.